The number of rotatable bonds is 5. The molecule has 4 heterocycles. The molecule has 0 saturated carbocycles. The fourth-order valence-electron chi connectivity index (χ4n) is 3.68. The maximum Gasteiger partial charge on any atom is 0.251 e. The Morgan fingerprint density at radius 3 is 2.90 bits per heavy atom. The minimum atomic E-state index is -0.146. The van der Waals surface area contributed by atoms with Crippen LogP contribution in [0.4, 0.5) is 0 Å². The van der Waals surface area contributed by atoms with Gasteiger partial charge >= 0.3 is 0 Å². The van der Waals surface area contributed by atoms with Crippen LogP contribution in [0.5, 0.6) is 5.88 Å². The van der Waals surface area contributed by atoms with Gasteiger partial charge in [0.1, 0.15) is 6.10 Å². The fourth-order valence-corrected chi connectivity index (χ4v) is 3.68. The largest absolute Gasteiger partial charge is 0.470 e. The number of aromatic nitrogens is 5. The molecule has 9 heteroatoms. The third kappa shape index (κ3) is 3.64. The number of fused-ring (bicyclic) bond motifs is 1. The van der Waals surface area contributed by atoms with Crippen molar-refractivity contribution in [1.82, 2.24) is 29.7 Å². The van der Waals surface area contributed by atoms with Crippen molar-refractivity contribution < 1.29 is 14.3 Å². The molecule has 31 heavy (non-hydrogen) atoms. The highest BCUT2D eigenvalue weighted by molar-refractivity contribution is 5.95. The first-order chi connectivity index (χ1) is 15.1. The Labute approximate surface area is 178 Å². The normalized spacial score (nSPS) is 16.0. The van der Waals surface area contributed by atoms with Crippen molar-refractivity contribution in [2.45, 2.75) is 12.5 Å². The lowest BCUT2D eigenvalue weighted by Crippen LogP contribution is -2.18. The van der Waals surface area contributed by atoms with Crippen LogP contribution in [-0.4, -0.2) is 56.7 Å². The van der Waals surface area contributed by atoms with E-state index in [1.807, 2.05) is 37.5 Å². The number of carbonyl (C=O) groups is 1. The number of amides is 1. The van der Waals surface area contributed by atoms with Crippen molar-refractivity contribution in [3.8, 4) is 28.3 Å². The zero-order valence-electron chi connectivity index (χ0n) is 17.3. The highest BCUT2D eigenvalue weighted by atomic mass is 16.5. The Kier molecular flexibility index (Phi) is 4.87. The Balaban J connectivity index is 1.63. The summed E-state index contributed by atoms with van der Waals surface area (Å²) in [6, 6.07) is 9.31. The fraction of sp³-hybridized carbons (Fsp3) is 0.273. The minimum Gasteiger partial charge on any atom is -0.470 e. The van der Waals surface area contributed by atoms with Crippen LogP contribution in [-0.2, 0) is 11.8 Å². The van der Waals surface area contributed by atoms with Gasteiger partial charge in [0, 0.05) is 43.4 Å². The average Bonchev–Trinajstić information content (AvgIpc) is 3.54. The molecule has 0 bridgehead atoms. The van der Waals surface area contributed by atoms with Gasteiger partial charge in [-0.2, -0.15) is 5.10 Å². The van der Waals surface area contributed by atoms with Crippen LogP contribution >= 0.6 is 0 Å². The Bertz CT molecular complexity index is 1260. The van der Waals surface area contributed by atoms with Gasteiger partial charge in [-0.25, -0.2) is 9.50 Å². The number of aryl methyl sites for hydroxylation is 1. The molecule has 1 aromatic carbocycles. The van der Waals surface area contributed by atoms with Gasteiger partial charge in [0.05, 0.1) is 36.9 Å². The molecule has 5 rings (SSSR count). The van der Waals surface area contributed by atoms with Crippen molar-refractivity contribution in [3.05, 3.63) is 54.5 Å². The second kappa shape index (κ2) is 7.84. The highest BCUT2D eigenvalue weighted by Gasteiger charge is 2.22. The van der Waals surface area contributed by atoms with Crippen LogP contribution in [0, 0.1) is 0 Å². The molecule has 158 valence electrons. The number of nitrogens with one attached hydrogen (secondary N) is 1. The standard InChI is InChI=1S/C22H22N6O3/c1-23-21(29)15-5-3-4-14(8-15)19-11-24-20-9-18(16-10-25-27(2)12-16)22(26-28(19)20)31-17-6-7-30-13-17/h3-5,8-12,17H,6-7,13H2,1-2H3,(H,23,29)/t17-/m0/s1. The van der Waals surface area contributed by atoms with Gasteiger partial charge in [-0.15, -0.1) is 5.10 Å². The smallest absolute Gasteiger partial charge is 0.251 e. The quantitative estimate of drug-likeness (QED) is 0.534. The molecule has 0 spiro atoms. The summed E-state index contributed by atoms with van der Waals surface area (Å²) < 4.78 is 15.2. The SMILES string of the molecule is CNC(=O)c1cccc(-c2cnc3cc(-c4cnn(C)c4)c(O[C@H]4CCOC4)nn23)c1. The molecule has 0 unspecified atom stereocenters. The average molecular weight is 418 g/mol. The van der Waals surface area contributed by atoms with E-state index in [1.165, 1.54) is 0 Å². The van der Waals surface area contributed by atoms with Crippen LogP contribution in [0.15, 0.2) is 48.9 Å². The van der Waals surface area contributed by atoms with Crippen molar-refractivity contribution in [3.63, 3.8) is 0 Å². The third-order valence-electron chi connectivity index (χ3n) is 5.29. The summed E-state index contributed by atoms with van der Waals surface area (Å²) in [4.78, 5) is 16.6. The summed E-state index contributed by atoms with van der Waals surface area (Å²) in [6.45, 7) is 1.22. The minimum absolute atomic E-state index is 0.0519. The van der Waals surface area contributed by atoms with Crippen molar-refractivity contribution in [2.75, 3.05) is 20.3 Å². The lowest BCUT2D eigenvalue weighted by molar-refractivity contribution is 0.0963. The van der Waals surface area contributed by atoms with Crippen molar-refractivity contribution in [2.24, 2.45) is 7.05 Å². The van der Waals surface area contributed by atoms with Crippen molar-refractivity contribution >= 4 is 11.6 Å². The third-order valence-corrected chi connectivity index (χ3v) is 5.29. The van der Waals surface area contributed by atoms with Gasteiger partial charge < -0.3 is 14.8 Å². The molecule has 0 aliphatic carbocycles. The molecule has 1 aliphatic heterocycles. The van der Waals surface area contributed by atoms with Crippen LogP contribution < -0.4 is 10.1 Å². The van der Waals surface area contributed by atoms with E-state index in [1.54, 1.807) is 34.7 Å². The van der Waals surface area contributed by atoms with Gasteiger partial charge in [0.25, 0.3) is 5.91 Å². The van der Waals surface area contributed by atoms with Gasteiger partial charge in [-0.3, -0.25) is 9.48 Å². The van der Waals surface area contributed by atoms with E-state index in [-0.39, 0.29) is 12.0 Å². The lowest BCUT2D eigenvalue weighted by Gasteiger charge is -2.15. The number of nitrogens with zero attached hydrogens (tertiary/aromatic N) is 5. The number of hydrogen-bond donors (Lipinski definition) is 1. The van der Waals surface area contributed by atoms with E-state index in [2.05, 4.69) is 15.4 Å². The first kappa shape index (κ1) is 19.3. The van der Waals surface area contributed by atoms with E-state index in [0.29, 0.717) is 30.3 Å². The molecule has 1 amide bonds. The Hall–Kier alpha value is -3.72. The predicted molar refractivity (Wildman–Crippen MR) is 114 cm³/mol. The Morgan fingerprint density at radius 1 is 1.26 bits per heavy atom. The number of ether oxygens (including phenoxy) is 2. The van der Waals surface area contributed by atoms with Gasteiger partial charge in [0.2, 0.25) is 5.88 Å². The molecule has 9 nitrogen and oxygen atoms in total. The summed E-state index contributed by atoms with van der Waals surface area (Å²) in [5.74, 6) is 0.352. The van der Waals surface area contributed by atoms with Gasteiger partial charge in [-0.1, -0.05) is 12.1 Å². The molecular formula is C22H22N6O3. The van der Waals surface area contributed by atoms with Gasteiger partial charge in [-0.05, 0) is 18.2 Å². The molecule has 1 N–H and O–H groups in total. The van der Waals surface area contributed by atoms with E-state index in [4.69, 9.17) is 14.6 Å². The van der Waals surface area contributed by atoms with Crippen molar-refractivity contribution in [1.29, 1.82) is 0 Å². The number of benzene rings is 1. The second-order valence-electron chi connectivity index (χ2n) is 7.44. The first-order valence-electron chi connectivity index (χ1n) is 10.1. The second-order valence-corrected chi connectivity index (χ2v) is 7.44. The van der Waals surface area contributed by atoms with Crippen LogP contribution in [0.2, 0.25) is 0 Å². The van der Waals surface area contributed by atoms with E-state index in [9.17, 15) is 4.79 Å². The van der Waals surface area contributed by atoms with E-state index in [0.717, 1.165) is 28.8 Å². The highest BCUT2D eigenvalue weighted by Crippen LogP contribution is 2.32. The maximum atomic E-state index is 12.1. The Morgan fingerprint density at radius 2 is 2.16 bits per heavy atom. The molecular weight excluding hydrogens is 396 g/mol. The molecule has 0 radical (unpaired) electrons. The number of imidazole rings is 1. The zero-order chi connectivity index (χ0) is 21.4. The molecule has 1 aliphatic rings. The molecule has 1 fully saturated rings. The number of hydrogen-bond acceptors (Lipinski definition) is 6. The summed E-state index contributed by atoms with van der Waals surface area (Å²) in [5, 5.41) is 11.7. The predicted octanol–water partition coefficient (Wildman–Crippen LogP) is 2.32. The summed E-state index contributed by atoms with van der Waals surface area (Å²) in [7, 11) is 3.48. The number of carbonyl (C=O) groups excluding carboxylic acids is 1. The maximum absolute atomic E-state index is 12.1. The summed E-state index contributed by atoms with van der Waals surface area (Å²) in [6.07, 6.45) is 6.21. The van der Waals surface area contributed by atoms with E-state index >= 15 is 0 Å². The molecule has 4 aromatic rings. The molecule has 1 saturated heterocycles. The monoisotopic (exact) mass is 418 g/mol. The van der Waals surface area contributed by atoms with Crippen LogP contribution in [0.25, 0.3) is 28.0 Å². The lowest BCUT2D eigenvalue weighted by atomic mass is 10.1. The molecule has 3 aromatic heterocycles. The topological polar surface area (TPSA) is 95.6 Å². The summed E-state index contributed by atoms with van der Waals surface area (Å²) in [5.41, 5.74) is 4.58. The van der Waals surface area contributed by atoms with Crippen LogP contribution in [0.1, 0.15) is 16.8 Å². The zero-order valence-corrected chi connectivity index (χ0v) is 17.3. The molecule has 1 atom stereocenters. The first-order valence-corrected chi connectivity index (χ1v) is 10.1. The van der Waals surface area contributed by atoms with E-state index < -0.39 is 0 Å². The summed E-state index contributed by atoms with van der Waals surface area (Å²) >= 11 is 0. The van der Waals surface area contributed by atoms with Gasteiger partial charge in [0.15, 0.2) is 5.65 Å². The van der Waals surface area contributed by atoms with Crippen LogP contribution in [0.3, 0.4) is 0 Å².